The second kappa shape index (κ2) is 11.2. The Morgan fingerprint density at radius 3 is 1.54 bits per heavy atom. The largest absolute Gasteiger partial charge is 0.311 e. The highest BCUT2D eigenvalue weighted by Gasteiger charge is 2.44. The number of fused-ring (bicyclic) bond motifs is 5. The Morgan fingerprint density at radius 2 is 0.960 bits per heavy atom. The van der Waals surface area contributed by atoms with Gasteiger partial charge in [0.1, 0.15) is 7.85 Å². The summed E-state index contributed by atoms with van der Waals surface area (Å²) in [6, 6.07) is 44.2. The fourth-order valence-corrected chi connectivity index (χ4v) is 8.13. The summed E-state index contributed by atoms with van der Waals surface area (Å²) in [5.74, 6) is 0. The molecule has 248 valence electrons. The molecule has 0 fully saturated rings. The fraction of sp³-hybridized carbons (Fsp3) is 0.261. The minimum absolute atomic E-state index is 0.0152. The first-order valence-electron chi connectivity index (χ1n) is 18.2. The summed E-state index contributed by atoms with van der Waals surface area (Å²) in [7, 11) is 2.25. The maximum absolute atomic E-state index is 2.56. The molecule has 2 heterocycles. The van der Waals surface area contributed by atoms with Gasteiger partial charge < -0.3 is 9.80 Å². The zero-order chi connectivity index (χ0) is 35.3. The molecule has 2 nitrogen and oxygen atoms in total. The topological polar surface area (TPSA) is 6.48 Å². The molecule has 0 N–H and O–H groups in total. The van der Waals surface area contributed by atoms with Crippen LogP contribution in [-0.2, 0) is 16.2 Å². The summed E-state index contributed by atoms with van der Waals surface area (Å²) in [5.41, 5.74) is 17.0. The van der Waals surface area contributed by atoms with Gasteiger partial charge in [-0.25, -0.2) is 0 Å². The highest BCUT2D eigenvalue weighted by atomic mass is 15.2. The van der Waals surface area contributed by atoms with E-state index in [0.717, 1.165) is 0 Å². The third-order valence-corrected chi connectivity index (χ3v) is 10.9. The summed E-state index contributed by atoms with van der Waals surface area (Å²) in [6.45, 7) is 21.0. The van der Waals surface area contributed by atoms with Crippen molar-refractivity contribution < 1.29 is 0 Å². The van der Waals surface area contributed by atoms with Gasteiger partial charge in [0.2, 0.25) is 0 Å². The van der Waals surface area contributed by atoms with Crippen molar-refractivity contribution in [2.45, 2.75) is 78.6 Å². The first-order chi connectivity index (χ1) is 23.6. The van der Waals surface area contributed by atoms with Crippen molar-refractivity contribution in [3.8, 4) is 0 Å². The molecule has 0 unspecified atom stereocenters. The Bertz CT molecular complexity index is 2290. The van der Waals surface area contributed by atoms with Crippen molar-refractivity contribution in [2.24, 2.45) is 0 Å². The molecule has 6 aromatic rings. The van der Waals surface area contributed by atoms with Crippen molar-refractivity contribution in [2.75, 3.05) is 9.80 Å². The average Bonchev–Trinajstić information content (AvgIpc) is 3.06. The Morgan fingerprint density at radius 1 is 0.460 bits per heavy atom. The molecule has 4 heteroatoms. The predicted octanol–water partition coefficient (Wildman–Crippen LogP) is 9.07. The molecular weight excluding hydrogens is 602 g/mol. The quantitative estimate of drug-likeness (QED) is 0.172. The van der Waals surface area contributed by atoms with Gasteiger partial charge in [-0.3, -0.25) is 0 Å². The van der Waals surface area contributed by atoms with Gasteiger partial charge in [0, 0.05) is 33.8 Å². The van der Waals surface area contributed by atoms with Gasteiger partial charge in [-0.2, -0.15) is 0 Å². The van der Waals surface area contributed by atoms with Gasteiger partial charge in [-0.05, 0) is 97.2 Å². The molecule has 0 saturated carbocycles. The van der Waals surface area contributed by atoms with Gasteiger partial charge in [0.25, 0.3) is 6.71 Å². The average molecular weight is 651 g/mol. The predicted molar refractivity (Wildman–Crippen MR) is 222 cm³/mol. The lowest BCUT2D eigenvalue weighted by molar-refractivity contribution is 0.590. The van der Waals surface area contributed by atoms with Crippen LogP contribution in [0.15, 0.2) is 115 Å². The van der Waals surface area contributed by atoms with E-state index in [0.29, 0.717) is 0 Å². The van der Waals surface area contributed by atoms with Crippen molar-refractivity contribution in [3.63, 3.8) is 0 Å². The molecule has 50 heavy (non-hydrogen) atoms. The van der Waals surface area contributed by atoms with Crippen molar-refractivity contribution in [3.05, 3.63) is 132 Å². The number of nitrogens with zero attached hydrogens (tertiary/aromatic N) is 2. The number of anilines is 6. The van der Waals surface area contributed by atoms with E-state index in [9.17, 15) is 0 Å². The fourth-order valence-electron chi connectivity index (χ4n) is 8.13. The van der Waals surface area contributed by atoms with Gasteiger partial charge >= 0.3 is 0 Å². The van der Waals surface area contributed by atoms with Gasteiger partial charge in [-0.1, -0.05) is 141 Å². The molecule has 2 aliphatic rings. The summed E-state index contributed by atoms with van der Waals surface area (Å²) in [5, 5.41) is 2.51. The van der Waals surface area contributed by atoms with Crippen LogP contribution >= 0.6 is 0 Å². The van der Waals surface area contributed by atoms with Crippen LogP contribution in [0.1, 0.15) is 79.0 Å². The number of hydrogen-bond donors (Lipinski definition) is 0. The molecule has 2 aliphatic heterocycles. The standard InChI is InChI=1S/C46H48B2N2/c1-44(2,3)30-17-21-34(22-18-30)49-39-23-19-31(45(4,5)6)25-36(39)48-37-26-32(46(7,8)9)20-24-40(37)50(42-28-33(47)27-41(49)43(42)48)38-16-12-14-29-13-10-11-15-35(29)38/h10-28H,47H2,1-9H3. The number of rotatable bonds is 2. The molecule has 0 spiro atoms. The van der Waals surface area contributed by atoms with Crippen molar-refractivity contribution in [1.29, 1.82) is 0 Å². The molecule has 6 aromatic carbocycles. The SMILES string of the molecule is Bc1cc2c3c(c1)N(c1cccc4ccccc14)c1ccc(C(C)(C)C)cc1B3c1cc(C(C)(C)C)ccc1N2c1ccc(C(C)(C)C)cc1. The molecule has 8 rings (SSSR count). The van der Waals surface area contributed by atoms with E-state index in [-0.39, 0.29) is 23.0 Å². The van der Waals surface area contributed by atoms with Crippen LogP contribution in [0.5, 0.6) is 0 Å². The molecule has 0 atom stereocenters. The number of hydrogen-bond acceptors (Lipinski definition) is 2. The molecular formula is C46H48B2N2. The van der Waals surface area contributed by atoms with Crippen LogP contribution in [0.3, 0.4) is 0 Å². The Hall–Kier alpha value is -4.69. The Kier molecular flexibility index (Phi) is 7.25. The lowest BCUT2D eigenvalue weighted by Crippen LogP contribution is -2.62. The summed E-state index contributed by atoms with van der Waals surface area (Å²) >= 11 is 0. The maximum atomic E-state index is 2.56. The summed E-state index contributed by atoms with van der Waals surface area (Å²) in [4.78, 5) is 5.10. The van der Waals surface area contributed by atoms with Gasteiger partial charge in [0.15, 0.2) is 0 Å². The van der Waals surface area contributed by atoms with Crippen LogP contribution < -0.4 is 31.7 Å². The highest BCUT2D eigenvalue weighted by Crippen LogP contribution is 2.46. The summed E-state index contributed by atoms with van der Waals surface area (Å²) in [6.07, 6.45) is 0. The molecule has 0 radical (unpaired) electrons. The van der Waals surface area contributed by atoms with Crippen molar-refractivity contribution >= 4 is 81.3 Å². The Labute approximate surface area is 300 Å². The van der Waals surface area contributed by atoms with Gasteiger partial charge in [-0.15, -0.1) is 0 Å². The van der Waals surface area contributed by atoms with Crippen LogP contribution in [0.2, 0.25) is 0 Å². The second-order valence-corrected chi connectivity index (χ2v) is 17.7. The third kappa shape index (κ3) is 5.18. The van der Waals surface area contributed by atoms with E-state index in [1.165, 1.54) is 83.4 Å². The molecule has 0 saturated heterocycles. The number of benzene rings is 6. The van der Waals surface area contributed by atoms with E-state index >= 15 is 0 Å². The second-order valence-electron chi connectivity index (χ2n) is 17.7. The third-order valence-electron chi connectivity index (χ3n) is 10.9. The minimum atomic E-state index is 0.0152. The van der Waals surface area contributed by atoms with E-state index in [4.69, 9.17) is 0 Å². The van der Waals surface area contributed by atoms with Crippen LogP contribution in [0.25, 0.3) is 10.8 Å². The van der Waals surface area contributed by atoms with Crippen LogP contribution in [-0.4, -0.2) is 14.6 Å². The first kappa shape index (κ1) is 32.5. The summed E-state index contributed by atoms with van der Waals surface area (Å²) < 4.78 is 0. The minimum Gasteiger partial charge on any atom is -0.311 e. The first-order valence-corrected chi connectivity index (χ1v) is 18.2. The normalized spacial score (nSPS) is 14.1. The van der Waals surface area contributed by atoms with Crippen LogP contribution in [0, 0.1) is 0 Å². The molecule has 0 bridgehead atoms. The van der Waals surface area contributed by atoms with E-state index in [2.05, 4.69) is 195 Å². The van der Waals surface area contributed by atoms with E-state index < -0.39 is 0 Å². The van der Waals surface area contributed by atoms with Gasteiger partial charge in [0.05, 0.1) is 5.69 Å². The molecule has 0 amide bonds. The molecule has 0 aromatic heterocycles. The lowest BCUT2D eigenvalue weighted by atomic mass is 9.33. The molecule has 0 aliphatic carbocycles. The zero-order valence-corrected chi connectivity index (χ0v) is 31.4. The monoisotopic (exact) mass is 650 g/mol. The Balaban J connectivity index is 1.49. The van der Waals surface area contributed by atoms with Crippen molar-refractivity contribution in [1.82, 2.24) is 0 Å². The van der Waals surface area contributed by atoms with E-state index in [1.807, 2.05) is 0 Å². The highest BCUT2D eigenvalue weighted by molar-refractivity contribution is 7.00. The maximum Gasteiger partial charge on any atom is 0.252 e. The van der Waals surface area contributed by atoms with E-state index in [1.54, 1.807) is 0 Å². The lowest BCUT2D eigenvalue weighted by Gasteiger charge is -2.45. The zero-order valence-electron chi connectivity index (χ0n) is 31.4. The van der Waals surface area contributed by atoms with Crippen LogP contribution in [0.4, 0.5) is 34.1 Å². The smallest absolute Gasteiger partial charge is 0.252 e.